The molecule has 5 rings (SSSR count). The second-order valence-electron chi connectivity index (χ2n) is 12.8. The van der Waals surface area contributed by atoms with Crippen molar-refractivity contribution in [1.82, 2.24) is 19.5 Å². The van der Waals surface area contributed by atoms with Crippen molar-refractivity contribution in [1.29, 1.82) is 0 Å². The van der Waals surface area contributed by atoms with Crippen molar-refractivity contribution in [2.75, 3.05) is 29.9 Å². The van der Waals surface area contributed by atoms with Gasteiger partial charge in [0.1, 0.15) is 12.2 Å². The zero-order valence-corrected chi connectivity index (χ0v) is 27.9. The fourth-order valence-electron chi connectivity index (χ4n) is 6.39. The summed E-state index contributed by atoms with van der Waals surface area (Å²) in [6, 6.07) is 0. The minimum Gasteiger partial charge on any atom is -0.414 e. The predicted molar refractivity (Wildman–Crippen MR) is 163 cm³/mol. The van der Waals surface area contributed by atoms with Crippen LogP contribution >= 0.6 is 0 Å². The minimum absolute atomic E-state index is 0.196. The second kappa shape index (κ2) is 11.2. The first kappa shape index (κ1) is 30.3. The van der Waals surface area contributed by atoms with Gasteiger partial charge in [-0.1, -0.05) is 62.0 Å². The molecule has 3 aliphatic rings. The molecular weight excluding hydrogens is 557 g/mol. The van der Waals surface area contributed by atoms with E-state index in [4.69, 9.17) is 27.7 Å². The van der Waals surface area contributed by atoms with Crippen molar-refractivity contribution in [3.05, 3.63) is 18.5 Å². The van der Waals surface area contributed by atoms with Gasteiger partial charge in [-0.3, -0.25) is 14.7 Å². The summed E-state index contributed by atoms with van der Waals surface area (Å²) in [6.07, 6.45) is 1.49. The van der Waals surface area contributed by atoms with E-state index in [1.54, 1.807) is 6.33 Å². The van der Waals surface area contributed by atoms with Gasteiger partial charge in [0.25, 0.3) is 0 Å². The first-order valence-electron chi connectivity index (χ1n) is 14.9. The number of amides is 1. The molecule has 13 heteroatoms. The van der Waals surface area contributed by atoms with Crippen LogP contribution in [0.25, 0.3) is 11.2 Å². The zero-order chi connectivity index (χ0) is 29.9. The molecule has 0 aliphatic carbocycles. The van der Waals surface area contributed by atoms with Crippen LogP contribution in [0.5, 0.6) is 0 Å². The topological polar surface area (TPSA) is 113 Å². The second-order valence-corrected chi connectivity index (χ2v) is 21.7. The number of anilines is 2. The number of carbonyl (C=O) groups excluding carboxylic acids is 1. The highest BCUT2D eigenvalue weighted by Gasteiger charge is 2.60. The van der Waals surface area contributed by atoms with Crippen LogP contribution in [0.3, 0.4) is 0 Å². The number of nitrogens with zero attached hydrogens (tertiary/aromatic N) is 5. The third-order valence-electron chi connectivity index (χ3n) is 8.75. The van der Waals surface area contributed by atoms with Crippen LogP contribution in [0, 0.1) is 0 Å². The molecule has 0 radical (unpaired) electrons. The Kier molecular flexibility index (Phi) is 8.24. The summed E-state index contributed by atoms with van der Waals surface area (Å²) < 4.78 is 30.1. The highest BCUT2D eigenvalue weighted by atomic mass is 28.5. The van der Waals surface area contributed by atoms with Crippen molar-refractivity contribution < 1.29 is 22.5 Å². The fourth-order valence-corrected chi connectivity index (χ4v) is 17.6. The number of fused-ring (bicyclic) bond motifs is 2. The average Bonchev–Trinajstić information content (AvgIpc) is 3.37. The van der Waals surface area contributed by atoms with E-state index in [2.05, 4.69) is 77.2 Å². The van der Waals surface area contributed by atoms with Crippen molar-refractivity contribution in [2.24, 2.45) is 0 Å². The fraction of sp³-hybridized carbons (Fsp3) is 0.714. The molecule has 0 aromatic carbocycles. The summed E-state index contributed by atoms with van der Waals surface area (Å²) in [5.74, 6) is 0.719. The van der Waals surface area contributed by atoms with E-state index < -0.39 is 29.5 Å². The summed E-state index contributed by atoms with van der Waals surface area (Å²) in [5, 5.41) is 2.75. The summed E-state index contributed by atoms with van der Waals surface area (Å²) in [7, 11) is -5.53. The molecule has 41 heavy (non-hydrogen) atoms. The van der Waals surface area contributed by atoms with E-state index in [9.17, 15) is 4.79 Å². The van der Waals surface area contributed by atoms with Crippen molar-refractivity contribution in [3.63, 3.8) is 0 Å². The highest BCUT2D eigenvalue weighted by molar-refractivity contribution is 6.84. The van der Waals surface area contributed by atoms with Crippen LogP contribution < -0.4 is 10.2 Å². The molecule has 3 fully saturated rings. The van der Waals surface area contributed by atoms with Gasteiger partial charge in [-0.15, -0.1) is 0 Å². The van der Waals surface area contributed by atoms with Crippen LogP contribution in [0.4, 0.5) is 11.8 Å². The lowest BCUT2D eigenvalue weighted by Crippen LogP contribution is -2.65. The molecule has 2 aromatic rings. The molecule has 3 saturated heterocycles. The number of hydrogen-bond donors (Lipinski definition) is 1. The highest BCUT2D eigenvalue weighted by Crippen LogP contribution is 2.49. The largest absolute Gasteiger partial charge is 0.414 e. The lowest BCUT2D eigenvalue weighted by atomic mass is 10.1. The third-order valence-corrected chi connectivity index (χ3v) is 19.0. The number of ether oxygens (including phenoxy) is 1. The third kappa shape index (κ3) is 5.08. The maximum absolute atomic E-state index is 11.9. The van der Waals surface area contributed by atoms with E-state index in [-0.39, 0.29) is 40.1 Å². The van der Waals surface area contributed by atoms with E-state index in [1.807, 2.05) is 4.57 Å². The number of imidazole rings is 1. The Morgan fingerprint density at radius 1 is 1.02 bits per heavy atom. The molecule has 1 N–H and O–H groups in total. The Balaban J connectivity index is 1.57. The van der Waals surface area contributed by atoms with Crippen LogP contribution in [-0.4, -0.2) is 74.5 Å². The van der Waals surface area contributed by atoms with Crippen molar-refractivity contribution in [2.45, 2.75) is 109 Å². The summed E-state index contributed by atoms with van der Waals surface area (Å²) in [4.78, 5) is 28.1. The number of hydrogen-bond acceptors (Lipinski definition) is 9. The van der Waals surface area contributed by atoms with Crippen molar-refractivity contribution >= 4 is 46.0 Å². The van der Waals surface area contributed by atoms with Crippen molar-refractivity contribution in [3.8, 4) is 0 Å². The van der Waals surface area contributed by atoms with Gasteiger partial charge in [-0.2, -0.15) is 9.97 Å². The maximum Gasteiger partial charge on any atom is 0.335 e. The van der Waals surface area contributed by atoms with Crippen LogP contribution in [-0.2, 0) is 22.5 Å². The molecule has 2 aromatic heterocycles. The quantitative estimate of drug-likeness (QED) is 0.329. The minimum atomic E-state index is -2.83. The number of carbonyl (C=O) groups is 1. The van der Waals surface area contributed by atoms with Gasteiger partial charge in [0.05, 0.1) is 12.9 Å². The Hall–Kier alpha value is -2.17. The molecule has 0 bridgehead atoms. The van der Waals surface area contributed by atoms with Crippen LogP contribution in [0.1, 0.15) is 75.0 Å². The first-order valence-corrected chi connectivity index (χ1v) is 18.9. The Bertz CT molecular complexity index is 1290. The van der Waals surface area contributed by atoms with Gasteiger partial charge >= 0.3 is 17.1 Å². The summed E-state index contributed by atoms with van der Waals surface area (Å²) in [6.45, 7) is 25.8. The van der Waals surface area contributed by atoms with Gasteiger partial charge in [-0.25, -0.2) is 4.98 Å². The molecule has 5 heterocycles. The standard InChI is InChI=1S/C28H46N6O5Si2/c1-16(2)40(17(3)4)36-14-22-24(38-41(39-40,18(5)6)19(7)8)20(9)27(37-22)34-15-29-23-25(33-12-11-13-33)31-28(30-21(10)35)32-26(23)34/h15-19,22,24,27H,9,11-14H2,1-8,10H3,(H,30,31,32,35)/t22-,24+,27-/m1/s1. The lowest BCUT2D eigenvalue weighted by Gasteiger charge is -2.51. The van der Waals surface area contributed by atoms with E-state index in [0.717, 1.165) is 25.1 Å². The molecule has 3 atom stereocenters. The van der Waals surface area contributed by atoms with E-state index in [1.165, 1.54) is 6.92 Å². The molecule has 3 aliphatic heterocycles. The van der Waals surface area contributed by atoms with Gasteiger partial charge in [0.15, 0.2) is 23.2 Å². The Morgan fingerprint density at radius 2 is 1.66 bits per heavy atom. The van der Waals surface area contributed by atoms with E-state index in [0.29, 0.717) is 23.6 Å². The smallest absolute Gasteiger partial charge is 0.335 e. The Labute approximate surface area is 245 Å². The molecule has 1 amide bonds. The molecule has 11 nitrogen and oxygen atoms in total. The van der Waals surface area contributed by atoms with Gasteiger partial charge < -0.3 is 22.6 Å². The molecule has 0 unspecified atom stereocenters. The SMILES string of the molecule is C=C1[C@H](n2cnc3c(N4CCC4)nc(NC(C)=O)nc32)O[C@@H]2CO[Si](C(C)C)(C(C)C)O[Si](C(C)C)(C(C)C)O[C@@H]12. The molecular formula is C28H46N6O5Si2. The number of aromatic nitrogens is 4. The van der Waals surface area contributed by atoms with Gasteiger partial charge in [0.2, 0.25) is 11.9 Å². The van der Waals surface area contributed by atoms with Crippen LogP contribution in [0.2, 0.25) is 22.2 Å². The van der Waals surface area contributed by atoms with Gasteiger partial charge in [-0.05, 0) is 28.6 Å². The normalized spacial score (nSPS) is 26.0. The zero-order valence-electron chi connectivity index (χ0n) is 25.9. The Morgan fingerprint density at radius 3 is 2.20 bits per heavy atom. The number of nitrogens with one attached hydrogen (secondary N) is 1. The summed E-state index contributed by atoms with van der Waals surface area (Å²) >= 11 is 0. The predicted octanol–water partition coefficient (Wildman–Crippen LogP) is 5.40. The summed E-state index contributed by atoms with van der Waals surface area (Å²) in [5.41, 5.74) is 2.91. The first-order chi connectivity index (χ1) is 19.3. The maximum atomic E-state index is 11.9. The van der Waals surface area contributed by atoms with Crippen LogP contribution in [0.15, 0.2) is 18.5 Å². The van der Waals surface area contributed by atoms with E-state index >= 15 is 0 Å². The lowest BCUT2D eigenvalue weighted by molar-refractivity contribution is -0.114. The van der Waals surface area contributed by atoms with Gasteiger partial charge in [0, 0.05) is 25.6 Å². The average molecular weight is 603 g/mol. The molecule has 0 saturated carbocycles. The molecule has 0 spiro atoms. The number of rotatable bonds is 7. The monoisotopic (exact) mass is 602 g/mol. The molecule has 226 valence electrons.